The van der Waals surface area contributed by atoms with Gasteiger partial charge in [-0.1, -0.05) is 30.3 Å². The highest BCUT2D eigenvalue weighted by molar-refractivity contribution is 5.36. The fourth-order valence-electron chi connectivity index (χ4n) is 2.77. The maximum atomic E-state index is 6.61. The molecule has 0 amide bonds. The van der Waals surface area contributed by atoms with E-state index >= 15 is 0 Å². The van der Waals surface area contributed by atoms with E-state index in [0.29, 0.717) is 0 Å². The molecule has 1 aromatic carbocycles. The van der Waals surface area contributed by atoms with Gasteiger partial charge in [-0.15, -0.1) is 0 Å². The number of pyridine rings is 1. The summed E-state index contributed by atoms with van der Waals surface area (Å²) in [5.41, 5.74) is 11.4. The van der Waals surface area contributed by atoms with Crippen LogP contribution in [-0.2, 0) is 18.4 Å². The molecule has 92 valence electrons. The van der Waals surface area contributed by atoms with Crippen molar-refractivity contribution in [2.75, 3.05) is 0 Å². The highest BCUT2D eigenvalue weighted by Crippen LogP contribution is 2.34. The summed E-state index contributed by atoms with van der Waals surface area (Å²) in [5, 5.41) is 0. The Hall–Kier alpha value is -1.67. The topological polar surface area (TPSA) is 38.9 Å². The van der Waals surface area contributed by atoms with E-state index in [9.17, 15) is 0 Å². The van der Waals surface area contributed by atoms with Gasteiger partial charge in [0.15, 0.2) is 0 Å². The average molecular weight is 238 g/mol. The van der Waals surface area contributed by atoms with Crippen LogP contribution >= 0.6 is 0 Å². The van der Waals surface area contributed by atoms with Crippen molar-refractivity contribution in [1.82, 2.24) is 4.98 Å². The van der Waals surface area contributed by atoms with Gasteiger partial charge in [-0.05, 0) is 48.9 Å². The van der Waals surface area contributed by atoms with E-state index in [-0.39, 0.29) is 5.54 Å². The third kappa shape index (κ3) is 1.93. The van der Waals surface area contributed by atoms with E-state index in [1.54, 1.807) is 0 Å². The van der Waals surface area contributed by atoms with Crippen molar-refractivity contribution in [1.29, 1.82) is 0 Å². The van der Waals surface area contributed by atoms with Gasteiger partial charge in [0.2, 0.25) is 0 Å². The summed E-state index contributed by atoms with van der Waals surface area (Å²) < 4.78 is 0. The second kappa shape index (κ2) is 4.21. The lowest BCUT2D eigenvalue weighted by atomic mass is 9.75. The van der Waals surface area contributed by atoms with Crippen LogP contribution in [0.4, 0.5) is 0 Å². The van der Waals surface area contributed by atoms with Gasteiger partial charge in [-0.2, -0.15) is 0 Å². The molecule has 1 heterocycles. The zero-order valence-electron chi connectivity index (χ0n) is 10.7. The molecule has 0 aliphatic heterocycles. The van der Waals surface area contributed by atoms with E-state index in [4.69, 9.17) is 5.73 Å². The second-order valence-corrected chi connectivity index (χ2v) is 5.29. The molecule has 0 saturated carbocycles. The molecule has 0 saturated heterocycles. The number of benzene rings is 1. The number of rotatable bonds is 1. The number of hydrogen-bond donors (Lipinski definition) is 1. The third-order valence-electron chi connectivity index (χ3n) is 3.95. The summed E-state index contributed by atoms with van der Waals surface area (Å²) in [5.74, 6) is 0. The zero-order chi connectivity index (χ0) is 12.6. The molecule has 0 fully saturated rings. The zero-order valence-corrected chi connectivity index (χ0v) is 10.7. The summed E-state index contributed by atoms with van der Waals surface area (Å²) in [7, 11) is 0. The molecule has 18 heavy (non-hydrogen) atoms. The lowest BCUT2D eigenvalue weighted by Crippen LogP contribution is -2.42. The molecule has 1 unspecified atom stereocenters. The number of fused-ring (bicyclic) bond motifs is 1. The molecule has 1 aliphatic rings. The standard InChI is InChI=1S/C16H18N2/c1-12-6-7-15(11-18-12)16(17)9-8-13-4-2-3-5-14(13)10-16/h2-7,11H,8-10,17H2,1H3. The lowest BCUT2D eigenvalue weighted by molar-refractivity contribution is 0.384. The SMILES string of the molecule is Cc1ccc(C2(N)CCc3ccccc3C2)cn1. The van der Waals surface area contributed by atoms with E-state index in [0.717, 1.165) is 30.5 Å². The fourth-order valence-corrected chi connectivity index (χ4v) is 2.77. The van der Waals surface area contributed by atoms with Crippen LogP contribution in [-0.4, -0.2) is 4.98 Å². The Balaban J connectivity index is 1.96. The predicted molar refractivity (Wildman–Crippen MR) is 73.3 cm³/mol. The molecule has 2 N–H and O–H groups in total. The Bertz CT molecular complexity index is 560. The highest BCUT2D eigenvalue weighted by atomic mass is 14.8. The first kappa shape index (κ1) is 11.4. The minimum Gasteiger partial charge on any atom is -0.321 e. The summed E-state index contributed by atoms with van der Waals surface area (Å²) >= 11 is 0. The first-order chi connectivity index (χ1) is 8.67. The van der Waals surface area contributed by atoms with Crippen molar-refractivity contribution in [2.45, 2.75) is 31.7 Å². The molecule has 0 spiro atoms. The monoisotopic (exact) mass is 238 g/mol. The molecule has 1 aromatic heterocycles. The Kier molecular flexibility index (Phi) is 2.67. The van der Waals surface area contributed by atoms with Gasteiger partial charge in [0.1, 0.15) is 0 Å². The minimum atomic E-state index is -0.255. The van der Waals surface area contributed by atoms with E-state index in [2.05, 4.69) is 35.3 Å². The van der Waals surface area contributed by atoms with Crippen LogP contribution in [0.25, 0.3) is 0 Å². The maximum absolute atomic E-state index is 6.61. The first-order valence-electron chi connectivity index (χ1n) is 6.46. The van der Waals surface area contributed by atoms with Crippen molar-refractivity contribution in [3.8, 4) is 0 Å². The van der Waals surface area contributed by atoms with Gasteiger partial charge in [-0.25, -0.2) is 0 Å². The Morgan fingerprint density at radius 1 is 1.11 bits per heavy atom. The summed E-state index contributed by atoms with van der Waals surface area (Å²) in [6.45, 7) is 2.00. The van der Waals surface area contributed by atoms with Gasteiger partial charge in [-0.3, -0.25) is 4.98 Å². The average Bonchev–Trinajstić information content (AvgIpc) is 2.39. The number of hydrogen-bond acceptors (Lipinski definition) is 2. The second-order valence-electron chi connectivity index (χ2n) is 5.29. The van der Waals surface area contributed by atoms with Crippen LogP contribution in [0.1, 0.15) is 28.8 Å². The molecule has 0 bridgehead atoms. The maximum Gasteiger partial charge on any atom is 0.0469 e. The molecule has 3 rings (SSSR count). The predicted octanol–water partition coefficient (Wildman–Crippen LogP) is 2.73. The van der Waals surface area contributed by atoms with Crippen molar-refractivity contribution >= 4 is 0 Å². The third-order valence-corrected chi connectivity index (χ3v) is 3.95. The van der Waals surface area contributed by atoms with Gasteiger partial charge in [0.25, 0.3) is 0 Å². The lowest BCUT2D eigenvalue weighted by Gasteiger charge is -2.35. The Labute approximate surface area is 108 Å². The summed E-state index contributed by atoms with van der Waals surface area (Å²) in [4.78, 5) is 4.38. The minimum absolute atomic E-state index is 0.255. The molecule has 0 radical (unpaired) electrons. The van der Waals surface area contributed by atoms with E-state index in [1.165, 1.54) is 11.1 Å². The molecule has 2 aromatic rings. The first-order valence-corrected chi connectivity index (χ1v) is 6.46. The van der Waals surface area contributed by atoms with Crippen molar-refractivity contribution in [3.05, 3.63) is 65.0 Å². The number of aromatic nitrogens is 1. The molecule has 2 nitrogen and oxygen atoms in total. The fraction of sp³-hybridized carbons (Fsp3) is 0.312. The van der Waals surface area contributed by atoms with Gasteiger partial charge in [0, 0.05) is 17.4 Å². The summed E-state index contributed by atoms with van der Waals surface area (Å²) in [6, 6.07) is 12.8. The molecule has 1 aliphatic carbocycles. The normalized spacial score (nSPS) is 22.6. The van der Waals surface area contributed by atoms with Crippen LogP contribution in [0.3, 0.4) is 0 Å². The largest absolute Gasteiger partial charge is 0.321 e. The van der Waals surface area contributed by atoms with Crippen molar-refractivity contribution in [3.63, 3.8) is 0 Å². The quantitative estimate of drug-likeness (QED) is 0.829. The van der Waals surface area contributed by atoms with Crippen LogP contribution in [0.15, 0.2) is 42.6 Å². The number of nitrogens with two attached hydrogens (primary N) is 1. The number of nitrogens with zero attached hydrogens (tertiary/aromatic N) is 1. The summed E-state index contributed by atoms with van der Waals surface area (Å²) in [6.07, 6.45) is 4.90. The number of aryl methyl sites for hydroxylation is 2. The van der Waals surface area contributed by atoms with Crippen LogP contribution in [0, 0.1) is 6.92 Å². The van der Waals surface area contributed by atoms with Crippen LogP contribution in [0.5, 0.6) is 0 Å². The van der Waals surface area contributed by atoms with Gasteiger partial charge < -0.3 is 5.73 Å². The molecular weight excluding hydrogens is 220 g/mol. The van der Waals surface area contributed by atoms with Crippen molar-refractivity contribution < 1.29 is 0 Å². The smallest absolute Gasteiger partial charge is 0.0469 e. The van der Waals surface area contributed by atoms with Crippen LogP contribution < -0.4 is 5.73 Å². The highest BCUT2D eigenvalue weighted by Gasteiger charge is 2.32. The molecule has 2 heteroatoms. The van der Waals surface area contributed by atoms with E-state index in [1.807, 2.05) is 19.2 Å². The van der Waals surface area contributed by atoms with E-state index < -0.39 is 0 Å². The Morgan fingerprint density at radius 3 is 2.61 bits per heavy atom. The molecular formula is C16H18N2. The van der Waals surface area contributed by atoms with Gasteiger partial charge >= 0.3 is 0 Å². The molecule has 1 atom stereocenters. The van der Waals surface area contributed by atoms with Crippen LogP contribution in [0.2, 0.25) is 0 Å². The Morgan fingerprint density at radius 2 is 1.89 bits per heavy atom. The van der Waals surface area contributed by atoms with Crippen molar-refractivity contribution in [2.24, 2.45) is 5.73 Å². The van der Waals surface area contributed by atoms with Gasteiger partial charge in [0.05, 0.1) is 0 Å².